The van der Waals surface area contributed by atoms with Gasteiger partial charge in [0.05, 0.1) is 16.2 Å². The van der Waals surface area contributed by atoms with Gasteiger partial charge in [-0.3, -0.25) is 9.78 Å². The van der Waals surface area contributed by atoms with Crippen molar-refractivity contribution in [3.63, 3.8) is 0 Å². The Morgan fingerprint density at radius 2 is 2.19 bits per heavy atom. The number of amides is 1. The molecule has 0 fully saturated rings. The molecule has 4 nitrogen and oxygen atoms in total. The normalized spacial score (nSPS) is 10.8. The molecule has 0 spiro atoms. The third-order valence-electron chi connectivity index (χ3n) is 3.41. The van der Waals surface area contributed by atoms with Crippen molar-refractivity contribution in [3.05, 3.63) is 35.0 Å². The van der Waals surface area contributed by atoms with E-state index in [-0.39, 0.29) is 5.91 Å². The average molecular weight is 306 g/mol. The van der Waals surface area contributed by atoms with Gasteiger partial charge in [0, 0.05) is 18.0 Å². The van der Waals surface area contributed by atoms with Gasteiger partial charge in [-0.25, -0.2) is 0 Å². The molecule has 0 bridgehead atoms. The quantitative estimate of drug-likeness (QED) is 0.800. The maximum atomic E-state index is 12.0. The number of nitrogens with one attached hydrogen (secondary N) is 1. The molecule has 2 aromatic rings. The summed E-state index contributed by atoms with van der Waals surface area (Å²) in [6.07, 6.45) is 4.97. The van der Waals surface area contributed by atoms with Crippen molar-refractivity contribution >= 4 is 34.1 Å². The van der Waals surface area contributed by atoms with E-state index in [1.807, 2.05) is 25.1 Å². The Kier molecular flexibility index (Phi) is 5.53. The van der Waals surface area contributed by atoms with E-state index in [2.05, 4.69) is 10.3 Å². The predicted molar refractivity (Wildman–Crippen MR) is 87.6 cm³/mol. The first-order chi connectivity index (χ1) is 10.1. The maximum absolute atomic E-state index is 12.0. The van der Waals surface area contributed by atoms with E-state index in [1.165, 1.54) is 0 Å². The molecule has 1 aromatic carbocycles. The van der Waals surface area contributed by atoms with Crippen molar-refractivity contribution in [2.45, 2.75) is 32.6 Å². The molecule has 1 heterocycles. The first kappa shape index (κ1) is 15.7. The van der Waals surface area contributed by atoms with Crippen LogP contribution in [-0.4, -0.2) is 17.4 Å². The minimum absolute atomic E-state index is 0.0251. The number of rotatable bonds is 6. The van der Waals surface area contributed by atoms with Crippen LogP contribution in [0.2, 0.25) is 5.02 Å². The molecule has 2 rings (SSSR count). The summed E-state index contributed by atoms with van der Waals surface area (Å²) in [6, 6.07) is 5.60. The minimum atomic E-state index is -0.0251. The van der Waals surface area contributed by atoms with Gasteiger partial charge in [0.2, 0.25) is 5.91 Å². The fourth-order valence-corrected chi connectivity index (χ4v) is 2.63. The second-order valence-electron chi connectivity index (χ2n) is 5.10. The number of aryl methyl sites for hydroxylation is 1. The average Bonchev–Trinajstić information content (AvgIpc) is 2.48. The van der Waals surface area contributed by atoms with Crippen LogP contribution >= 0.6 is 11.6 Å². The van der Waals surface area contributed by atoms with Gasteiger partial charge in [-0.05, 0) is 50.1 Å². The molecule has 21 heavy (non-hydrogen) atoms. The van der Waals surface area contributed by atoms with Gasteiger partial charge in [-0.1, -0.05) is 18.0 Å². The highest BCUT2D eigenvalue weighted by Crippen LogP contribution is 2.32. The number of nitrogens with two attached hydrogens (primary N) is 1. The molecule has 5 heteroatoms. The Hall–Kier alpha value is -1.65. The highest BCUT2D eigenvalue weighted by Gasteiger charge is 2.12. The summed E-state index contributed by atoms with van der Waals surface area (Å²) in [6.45, 7) is 2.63. The van der Waals surface area contributed by atoms with E-state index in [1.54, 1.807) is 6.20 Å². The zero-order valence-corrected chi connectivity index (χ0v) is 12.9. The molecule has 0 aliphatic carbocycles. The number of carbonyl (C=O) groups excluding carboxylic acids is 1. The lowest BCUT2D eigenvalue weighted by atomic mass is 10.1. The Morgan fingerprint density at radius 3 is 2.95 bits per heavy atom. The maximum Gasteiger partial charge on any atom is 0.224 e. The van der Waals surface area contributed by atoms with Gasteiger partial charge in [0.15, 0.2) is 0 Å². The zero-order chi connectivity index (χ0) is 15.2. The second-order valence-corrected chi connectivity index (χ2v) is 5.50. The summed E-state index contributed by atoms with van der Waals surface area (Å²) in [5.74, 6) is -0.0251. The molecule has 1 aromatic heterocycles. The number of nitrogens with zero attached hydrogens (tertiary/aromatic N) is 1. The summed E-state index contributed by atoms with van der Waals surface area (Å²) in [5, 5.41) is 4.33. The second kappa shape index (κ2) is 7.38. The third-order valence-corrected chi connectivity index (χ3v) is 3.70. The molecular weight excluding hydrogens is 286 g/mol. The number of carbonyl (C=O) groups is 1. The Morgan fingerprint density at radius 1 is 1.38 bits per heavy atom. The van der Waals surface area contributed by atoms with E-state index in [0.29, 0.717) is 23.7 Å². The highest BCUT2D eigenvalue weighted by atomic mass is 35.5. The molecule has 0 atom stereocenters. The van der Waals surface area contributed by atoms with Gasteiger partial charge in [-0.15, -0.1) is 0 Å². The number of hydrogen-bond donors (Lipinski definition) is 2. The van der Waals surface area contributed by atoms with Gasteiger partial charge in [0.1, 0.15) is 0 Å². The molecule has 1 amide bonds. The first-order valence-corrected chi connectivity index (χ1v) is 7.55. The lowest BCUT2D eigenvalue weighted by Crippen LogP contribution is -2.12. The molecule has 0 aliphatic rings. The molecular formula is C16H20ClN3O. The van der Waals surface area contributed by atoms with Gasteiger partial charge in [0.25, 0.3) is 0 Å². The van der Waals surface area contributed by atoms with E-state index < -0.39 is 0 Å². The molecule has 3 N–H and O–H groups in total. The third kappa shape index (κ3) is 3.93. The van der Waals surface area contributed by atoms with Crippen LogP contribution in [0.5, 0.6) is 0 Å². The van der Waals surface area contributed by atoms with Crippen molar-refractivity contribution in [2.75, 3.05) is 11.9 Å². The molecule has 0 unspecified atom stereocenters. The molecule has 0 aliphatic heterocycles. The number of hydrogen-bond acceptors (Lipinski definition) is 3. The van der Waals surface area contributed by atoms with Crippen LogP contribution in [0.4, 0.5) is 5.69 Å². The topological polar surface area (TPSA) is 68.0 Å². The van der Waals surface area contributed by atoms with Crippen molar-refractivity contribution in [1.82, 2.24) is 4.98 Å². The van der Waals surface area contributed by atoms with Crippen molar-refractivity contribution in [3.8, 4) is 0 Å². The fourth-order valence-electron chi connectivity index (χ4n) is 2.32. The number of halogens is 1. The minimum Gasteiger partial charge on any atom is -0.330 e. The van der Waals surface area contributed by atoms with Crippen LogP contribution in [0.15, 0.2) is 24.4 Å². The van der Waals surface area contributed by atoms with Crippen LogP contribution in [0.1, 0.15) is 31.2 Å². The Bertz CT molecular complexity index is 643. The van der Waals surface area contributed by atoms with Crippen LogP contribution in [0.25, 0.3) is 10.9 Å². The number of anilines is 1. The molecule has 0 radical (unpaired) electrons. The van der Waals surface area contributed by atoms with E-state index >= 15 is 0 Å². The van der Waals surface area contributed by atoms with Crippen molar-refractivity contribution < 1.29 is 4.79 Å². The summed E-state index contributed by atoms with van der Waals surface area (Å²) < 4.78 is 0. The first-order valence-electron chi connectivity index (χ1n) is 7.17. The smallest absolute Gasteiger partial charge is 0.224 e. The largest absolute Gasteiger partial charge is 0.330 e. The van der Waals surface area contributed by atoms with Crippen molar-refractivity contribution in [2.24, 2.45) is 5.73 Å². The van der Waals surface area contributed by atoms with Crippen molar-refractivity contribution in [1.29, 1.82) is 0 Å². The SMILES string of the molecule is Cc1cc(Cl)c(NC(=O)CCCCCN)c2cccnc12. The zero-order valence-electron chi connectivity index (χ0n) is 12.2. The van der Waals surface area contributed by atoms with Gasteiger partial charge in [-0.2, -0.15) is 0 Å². The highest BCUT2D eigenvalue weighted by molar-refractivity contribution is 6.35. The monoisotopic (exact) mass is 305 g/mol. The molecule has 112 valence electrons. The van der Waals surface area contributed by atoms with E-state index in [4.69, 9.17) is 17.3 Å². The Balaban J connectivity index is 2.16. The summed E-state index contributed by atoms with van der Waals surface area (Å²) >= 11 is 6.28. The standard InChI is InChI=1S/C16H20ClN3O/c1-11-10-13(17)16(12-6-5-9-19-15(11)12)20-14(21)7-3-2-4-8-18/h5-6,9-10H,2-4,7-8,18H2,1H3,(H,20,21). The summed E-state index contributed by atoms with van der Waals surface area (Å²) in [4.78, 5) is 16.4. The van der Waals surface area contributed by atoms with Crippen LogP contribution in [0, 0.1) is 6.92 Å². The van der Waals surface area contributed by atoms with Crippen LogP contribution in [-0.2, 0) is 4.79 Å². The number of aromatic nitrogens is 1. The predicted octanol–water partition coefficient (Wildman–Crippen LogP) is 3.65. The van der Waals surface area contributed by atoms with Crippen LogP contribution in [0.3, 0.4) is 0 Å². The summed E-state index contributed by atoms with van der Waals surface area (Å²) in [5.41, 5.74) is 7.95. The lowest BCUT2D eigenvalue weighted by Gasteiger charge is -2.12. The van der Waals surface area contributed by atoms with E-state index in [0.717, 1.165) is 35.7 Å². The lowest BCUT2D eigenvalue weighted by molar-refractivity contribution is -0.116. The fraction of sp³-hybridized carbons (Fsp3) is 0.375. The number of pyridine rings is 1. The van der Waals surface area contributed by atoms with Crippen LogP contribution < -0.4 is 11.1 Å². The van der Waals surface area contributed by atoms with E-state index in [9.17, 15) is 4.79 Å². The number of fused-ring (bicyclic) bond motifs is 1. The summed E-state index contributed by atoms with van der Waals surface area (Å²) in [7, 11) is 0. The van der Waals surface area contributed by atoms with Gasteiger partial charge >= 0.3 is 0 Å². The Labute approximate surface area is 129 Å². The number of benzene rings is 1. The molecule has 0 saturated heterocycles. The van der Waals surface area contributed by atoms with Gasteiger partial charge < -0.3 is 11.1 Å². The molecule has 0 saturated carbocycles. The number of unbranched alkanes of at least 4 members (excludes halogenated alkanes) is 2.